The Hall–Kier alpha value is -0.710. The third kappa shape index (κ3) is 2.37. The van der Waals surface area contributed by atoms with Gasteiger partial charge >= 0.3 is 6.18 Å². The summed E-state index contributed by atoms with van der Waals surface area (Å²) in [5, 5.41) is -0.467. The van der Waals surface area contributed by atoms with Gasteiger partial charge in [0.25, 0.3) is 0 Å². The van der Waals surface area contributed by atoms with Gasteiger partial charge in [0.05, 0.1) is 0 Å². The average Bonchev–Trinajstić information content (AvgIpc) is 2.03. The van der Waals surface area contributed by atoms with Gasteiger partial charge in [0, 0.05) is 11.4 Å². The van der Waals surface area contributed by atoms with Crippen LogP contribution in [0.1, 0.15) is 23.4 Å². The molecule has 0 saturated heterocycles. The zero-order chi connectivity index (χ0) is 10.1. The molecular formula is C8H8F3NS. The summed E-state index contributed by atoms with van der Waals surface area (Å²) in [4.78, 5) is 3.30. The van der Waals surface area contributed by atoms with Crippen molar-refractivity contribution in [3.63, 3.8) is 0 Å². The molecule has 0 aliphatic heterocycles. The lowest BCUT2D eigenvalue weighted by molar-refractivity contribution is -0.141. The van der Waals surface area contributed by atoms with Crippen LogP contribution in [-0.2, 0) is 6.18 Å². The fraction of sp³-hybridized carbons (Fsp3) is 0.375. The van der Waals surface area contributed by atoms with Gasteiger partial charge in [0.1, 0.15) is 5.69 Å². The highest BCUT2D eigenvalue weighted by Crippen LogP contribution is 2.34. The maximum Gasteiger partial charge on any atom is 0.433 e. The first-order valence-electron chi connectivity index (χ1n) is 3.63. The molecule has 0 aromatic carbocycles. The molecule has 1 aromatic rings. The third-order valence-corrected chi connectivity index (χ3v) is 1.84. The molecule has 0 aliphatic rings. The molecule has 0 saturated carbocycles. The van der Waals surface area contributed by atoms with Crippen molar-refractivity contribution >= 4 is 12.6 Å². The van der Waals surface area contributed by atoms with Crippen molar-refractivity contribution in [1.82, 2.24) is 4.98 Å². The molecule has 0 bridgehead atoms. The Bertz CT molecular complexity index is 296. The fourth-order valence-electron chi connectivity index (χ4n) is 0.992. The van der Waals surface area contributed by atoms with E-state index in [0.717, 1.165) is 6.20 Å². The number of thiol groups is 1. The molecule has 0 fully saturated rings. The highest BCUT2D eigenvalue weighted by atomic mass is 32.1. The van der Waals surface area contributed by atoms with Gasteiger partial charge in [0.15, 0.2) is 0 Å². The third-order valence-electron chi connectivity index (χ3n) is 1.56. The Morgan fingerprint density at radius 1 is 1.46 bits per heavy atom. The highest BCUT2D eigenvalue weighted by molar-refractivity contribution is 7.80. The first-order chi connectivity index (χ1) is 5.93. The van der Waals surface area contributed by atoms with Crippen molar-refractivity contribution in [2.75, 3.05) is 0 Å². The number of nitrogens with zero attached hydrogens (tertiary/aromatic N) is 1. The number of alkyl halides is 3. The molecule has 13 heavy (non-hydrogen) atoms. The second-order valence-corrected chi connectivity index (χ2v) is 3.39. The largest absolute Gasteiger partial charge is 0.433 e. The van der Waals surface area contributed by atoms with Crippen LogP contribution in [0.25, 0.3) is 0 Å². The van der Waals surface area contributed by atoms with Crippen LogP contribution in [0.3, 0.4) is 0 Å². The van der Waals surface area contributed by atoms with Gasteiger partial charge in [-0.05, 0) is 18.6 Å². The predicted octanol–water partition coefficient (Wildman–Crippen LogP) is 3.09. The standard InChI is InChI=1S/C8H8F3NS/c1-5(13)6-3-2-4-12-7(6)8(9,10)11/h2-5,13H,1H3. The molecular weight excluding hydrogens is 199 g/mol. The minimum Gasteiger partial charge on any atom is -0.251 e. The smallest absolute Gasteiger partial charge is 0.251 e. The van der Waals surface area contributed by atoms with Crippen molar-refractivity contribution < 1.29 is 13.2 Å². The monoisotopic (exact) mass is 207 g/mol. The van der Waals surface area contributed by atoms with E-state index in [1.165, 1.54) is 12.1 Å². The lowest BCUT2D eigenvalue weighted by Gasteiger charge is -2.12. The zero-order valence-electron chi connectivity index (χ0n) is 6.84. The van der Waals surface area contributed by atoms with E-state index in [0.29, 0.717) is 0 Å². The van der Waals surface area contributed by atoms with Crippen molar-refractivity contribution in [2.45, 2.75) is 18.3 Å². The summed E-state index contributed by atoms with van der Waals surface area (Å²) in [7, 11) is 0. The topological polar surface area (TPSA) is 12.9 Å². The molecule has 1 atom stereocenters. The van der Waals surface area contributed by atoms with Crippen LogP contribution in [0, 0.1) is 0 Å². The minimum atomic E-state index is -4.40. The summed E-state index contributed by atoms with van der Waals surface area (Å²) < 4.78 is 36.9. The van der Waals surface area contributed by atoms with Gasteiger partial charge in [0.2, 0.25) is 0 Å². The minimum absolute atomic E-state index is 0.110. The zero-order valence-corrected chi connectivity index (χ0v) is 7.73. The lowest BCUT2D eigenvalue weighted by Crippen LogP contribution is -2.11. The maximum absolute atomic E-state index is 12.3. The van der Waals surface area contributed by atoms with E-state index in [2.05, 4.69) is 17.6 Å². The summed E-state index contributed by atoms with van der Waals surface area (Å²) in [5.41, 5.74) is -0.740. The molecule has 0 amide bonds. The van der Waals surface area contributed by atoms with Crippen molar-refractivity contribution in [2.24, 2.45) is 0 Å². The van der Waals surface area contributed by atoms with E-state index in [1.54, 1.807) is 6.92 Å². The highest BCUT2D eigenvalue weighted by Gasteiger charge is 2.35. The van der Waals surface area contributed by atoms with Crippen LogP contribution in [0.5, 0.6) is 0 Å². The van der Waals surface area contributed by atoms with Gasteiger partial charge in [-0.2, -0.15) is 25.8 Å². The number of rotatable bonds is 1. The van der Waals surface area contributed by atoms with Crippen LogP contribution >= 0.6 is 12.6 Å². The van der Waals surface area contributed by atoms with Crippen LogP contribution in [-0.4, -0.2) is 4.98 Å². The summed E-state index contributed by atoms with van der Waals surface area (Å²) in [6.07, 6.45) is -3.27. The number of pyridine rings is 1. The molecule has 1 unspecified atom stereocenters. The Labute approximate surface area is 79.4 Å². The molecule has 1 heterocycles. The van der Waals surface area contributed by atoms with Crippen molar-refractivity contribution in [3.05, 3.63) is 29.6 Å². The van der Waals surface area contributed by atoms with E-state index in [-0.39, 0.29) is 5.56 Å². The number of hydrogen-bond acceptors (Lipinski definition) is 2. The van der Waals surface area contributed by atoms with Crippen LogP contribution in [0.15, 0.2) is 18.3 Å². The van der Waals surface area contributed by atoms with Gasteiger partial charge in [-0.15, -0.1) is 0 Å². The van der Waals surface area contributed by atoms with Crippen molar-refractivity contribution in [1.29, 1.82) is 0 Å². The van der Waals surface area contributed by atoms with E-state index >= 15 is 0 Å². The van der Waals surface area contributed by atoms with Gasteiger partial charge < -0.3 is 0 Å². The molecule has 0 N–H and O–H groups in total. The molecule has 1 rings (SSSR count). The first-order valence-corrected chi connectivity index (χ1v) is 4.14. The lowest BCUT2D eigenvalue weighted by atomic mass is 10.1. The van der Waals surface area contributed by atoms with Crippen LogP contribution < -0.4 is 0 Å². The quantitative estimate of drug-likeness (QED) is 0.698. The summed E-state index contributed by atoms with van der Waals surface area (Å²) >= 11 is 3.95. The molecule has 0 aliphatic carbocycles. The number of halogens is 3. The van der Waals surface area contributed by atoms with Gasteiger partial charge in [-0.25, -0.2) is 0 Å². The van der Waals surface area contributed by atoms with E-state index in [1.807, 2.05) is 0 Å². The molecule has 0 spiro atoms. The summed E-state index contributed by atoms with van der Waals surface area (Å²) in [6, 6.07) is 2.85. The van der Waals surface area contributed by atoms with E-state index < -0.39 is 17.1 Å². The molecule has 5 heteroatoms. The SMILES string of the molecule is CC(S)c1cccnc1C(F)(F)F. The predicted molar refractivity (Wildman–Crippen MR) is 46.6 cm³/mol. The maximum atomic E-state index is 12.3. The molecule has 0 radical (unpaired) electrons. The van der Waals surface area contributed by atoms with E-state index in [9.17, 15) is 13.2 Å². The molecule has 1 nitrogen and oxygen atoms in total. The fourth-order valence-corrected chi connectivity index (χ4v) is 1.20. The second-order valence-electron chi connectivity index (χ2n) is 2.61. The Balaban J connectivity index is 3.20. The average molecular weight is 207 g/mol. The Morgan fingerprint density at radius 3 is 2.46 bits per heavy atom. The first kappa shape index (κ1) is 10.4. The van der Waals surface area contributed by atoms with Crippen LogP contribution in [0.2, 0.25) is 0 Å². The van der Waals surface area contributed by atoms with Crippen molar-refractivity contribution in [3.8, 4) is 0 Å². The van der Waals surface area contributed by atoms with Gasteiger partial charge in [-0.3, -0.25) is 4.98 Å². The normalized spacial score (nSPS) is 14.2. The molecule has 72 valence electrons. The second kappa shape index (κ2) is 3.57. The summed E-state index contributed by atoms with van der Waals surface area (Å²) in [5.74, 6) is 0. The Morgan fingerprint density at radius 2 is 2.08 bits per heavy atom. The molecule has 1 aromatic heterocycles. The Kier molecular flexibility index (Phi) is 2.85. The van der Waals surface area contributed by atoms with E-state index in [4.69, 9.17) is 0 Å². The number of aromatic nitrogens is 1. The number of hydrogen-bond donors (Lipinski definition) is 1. The van der Waals surface area contributed by atoms with Gasteiger partial charge in [-0.1, -0.05) is 6.07 Å². The summed E-state index contributed by atoms with van der Waals surface area (Å²) in [6.45, 7) is 1.58. The van der Waals surface area contributed by atoms with Crippen LogP contribution in [0.4, 0.5) is 13.2 Å².